The van der Waals surface area contributed by atoms with Gasteiger partial charge in [-0.1, -0.05) is 22.0 Å². The van der Waals surface area contributed by atoms with E-state index in [1.54, 1.807) is 12.3 Å². The van der Waals surface area contributed by atoms with Gasteiger partial charge in [0.2, 0.25) is 0 Å². The molecule has 2 aromatic rings. The van der Waals surface area contributed by atoms with Crippen LogP contribution in [0.2, 0.25) is 0 Å². The molecule has 2 atom stereocenters. The molecular formula is C19H19BrFN3O3S. The highest BCUT2D eigenvalue weighted by molar-refractivity contribution is 9.10. The second-order valence-electron chi connectivity index (χ2n) is 6.27. The van der Waals surface area contributed by atoms with Gasteiger partial charge in [-0.3, -0.25) is 4.99 Å². The van der Waals surface area contributed by atoms with Crippen LogP contribution in [0.4, 0.5) is 4.39 Å². The number of thiazole rings is 1. The fraction of sp³-hybridized carbons (Fsp3) is 0.368. The summed E-state index contributed by atoms with van der Waals surface area (Å²) in [6, 6.07) is 3.90. The fourth-order valence-electron chi connectivity index (χ4n) is 3.42. The third-order valence-electron chi connectivity index (χ3n) is 4.63. The number of hydrogen-bond acceptors (Lipinski definition) is 7. The summed E-state index contributed by atoms with van der Waals surface area (Å²) in [5, 5.41) is 13.5. The van der Waals surface area contributed by atoms with E-state index >= 15 is 0 Å². The minimum absolute atomic E-state index is 0.333. The van der Waals surface area contributed by atoms with Gasteiger partial charge in [-0.25, -0.2) is 9.37 Å². The molecular weight excluding hydrogens is 449 g/mol. The molecule has 1 fully saturated rings. The Labute approximate surface area is 174 Å². The molecule has 0 saturated carbocycles. The van der Waals surface area contributed by atoms with Gasteiger partial charge in [0, 0.05) is 34.8 Å². The van der Waals surface area contributed by atoms with Crippen molar-refractivity contribution >= 4 is 33.1 Å². The van der Waals surface area contributed by atoms with Gasteiger partial charge in [-0.05, 0) is 24.6 Å². The lowest BCUT2D eigenvalue weighted by molar-refractivity contribution is -0.0738. The van der Waals surface area contributed by atoms with Crippen LogP contribution in [0.1, 0.15) is 23.5 Å². The zero-order valence-corrected chi connectivity index (χ0v) is 17.5. The van der Waals surface area contributed by atoms with E-state index in [4.69, 9.17) is 14.5 Å². The Bertz CT molecular complexity index is 919. The summed E-state index contributed by atoms with van der Waals surface area (Å²) < 4.78 is 25.4. The second kappa shape index (κ2) is 8.38. The molecule has 3 heterocycles. The quantitative estimate of drug-likeness (QED) is 0.681. The zero-order valence-electron chi connectivity index (χ0n) is 15.1. The minimum Gasteiger partial charge on any atom is -0.373 e. The summed E-state index contributed by atoms with van der Waals surface area (Å²) in [5.74, 6) is 0.375. The van der Waals surface area contributed by atoms with E-state index in [0.717, 1.165) is 22.1 Å². The minimum atomic E-state index is -1.15. The molecule has 2 unspecified atom stereocenters. The number of rotatable bonds is 5. The first-order valence-corrected chi connectivity index (χ1v) is 10.6. The average Bonchev–Trinajstić information content (AvgIpc) is 3.21. The molecule has 0 aliphatic carbocycles. The number of morpholine rings is 1. The molecule has 28 heavy (non-hydrogen) atoms. The van der Waals surface area contributed by atoms with Crippen LogP contribution in [0.5, 0.6) is 0 Å². The lowest BCUT2D eigenvalue weighted by Gasteiger charge is -2.40. The molecule has 1 aromatic carbocycles. The lowest BCUT2D eigenvalue weighted by atomic mass is 9.94. The van der Waals surface area contributed by atoms with Gasteiger partial charge in [-0.2, -0.15) is 0 Å². The first-order valence-electron chi connectivity index (χ1n) is 8.90. The second-order valence-corrected chi connectivity index (χ2v) is 8.02. The molecule has 6 nitrogen and oxygen atoms in total. The van der Waals surface area contributed by atoms with Gasteiger partial charge in [0.05, 0.1) is 18.9 Å². The molecule has 2 aliphatic heterocycles. The van der Waals surface area contributed by atoms with E-state index in [1.807, 2.05) is 17.2 Å². The lowest BCUT2D eigenvalue weighted by Crippen LogP contribution is -2.45. The average molecular weight is 468 g/mol. The van der Waals surface area contributed by atoms with Crippen molar-refractivity contribution in [3.63, 3.8) is 0 Å². The van der Waals surface area contributed by atoms with Crippen molar-refractivity contribution in [2.45, 2.75) is 19.3 Å². The molecule has 0 bridgehead atoms. The van der Waals surface area contributed by atoms with Gasteiger partial charge < -0.3 is 19.5 Å². The zero-order chi connectivity index (χ0) is 19.7. The van der Waals surface area contributed by atoms with Gasteiger partial charge in [0.1, 0.15) is 11.9 Å². The van der Waals surface area contributed by atoms with E-state index in [0.29, 0.717) is 36.4 Å². The van der Waals surface area contributed by atoms with Crippen molar-refractivity contribution in [2.24, 2.45) is 4.99 Å². The number of benzene rings is 1. The van der Waals surface area contributed by atoms with Crippen LogP contribution in [-0.2, 0) is 9.47 Å². The molecule has 2 aliphatic rings. The monoisotopic (exact) mass is 467 g/mol. The van der Waals surface area contributed by atoms with Gasteiger partial charge in [0.15, 0.2) is 17.1 Å². The standard InChI is InChI=1S/C19H19BrFN3O3S/c1-2-27-19(25)15-14-10-26-7-6-24(14)17(18-22-5-8-28-18)23-16(15)12-4-3-11(21)9-13(12)20/h3-5,8-9,16,19,25H,2,6-7,10H2,1H3. The van der Waals surface area contributed by atoms with Gasteiger partial charge >= 0.3 is 0 Å². The third-order valence-corrected chi connectivity index (χ3v) is 6.09. The number of aliphatic hydroxyl groups excluding tert-OH is 1. The normalized spacial score (nSPS) is 20.8. The molecule has 0 spiro atoms. The molecule has 9 heteroatoms. The smallest absolute Gasteiger partial charge is 0.181 e. The number of fused-ring (bicyclic) bond motifs is 1. The largest absolute Gasteiger partial charge is 0.373 e. The Balaban J connectivity index is 1.89. The van der Waals surface area contributed by atoms with Crippen LogP contribution in [-0.4, -0.2) is 53.5 Å². The molecule has 1 aromatic heterocycles. The number of halogens is 2. The van der Waals surface area contributed by atoms with Crippen LogP contribution < -0.4 is 0 Å². The highest BCUT2D eigenvalue weighted by Crippen LogP contribution is 2.41. The molecule has 4 rings (SSSR count). The Morgan fingerprint density at radius 2 is 2.36 bits per heavy atom. The van der Waals surface area contributed by atoms with Crippen molar-refractivity contribution in [3.05, 3.63) is 61.9 Å². The number of aliphatic hydroxyl groups is 1. The SMILES string of the molecule is CCOC(O)C1=C2COCCN2C(c2nccs2)=NC1c1ccc(F)cc1Br. The van der Waals surface area contributed by atoms with Crippen LogP contribution in [0, 0.1) is 5.82 Å². The van der Waals surface area contributed by atoms with E-state index in [2.05, 4.69) is 20.9 Å². The Kier molecular flexibility index (Phi) is 5.88. The van der Waals surface area contributed by atoms with Crippen LogP contribution in [0.3, 0.4) is 0 Å². The van der Waals surface area contributed by atoms with Crippen molar-refractivity contribution in [2.75, 3.05) is 26.4 Å². The van der Waals surface area contributed by atoms with Gasteiger partial charge in [0.25, 0.3) is 0 Å². The van der Waals surface area contributed by atoms with Crippen molar-refractivity contribution in [1.82, 2.24) is 9.88 Å². The summed E-state index contributed by atoms with van der Waals surface area (Å²) in [5.41, 5.74) is 2.16. The predicted octanol–water partition coefficient (Wildman–Crippen LogP) is 3.49. The van der Waals surface area contributed by atoms with E-state index < -0.39 is 12.3 Å². The van der Waals surface area contributed by atoms with Crippen LogP contribution in [0.25, 0.3) is 0 Å². The highest BCUT2D eigenvalue weighted by atomic mass is 79.9. The highest BCUT2D eigenvalue weighted by Gasteiger charge is 2.38. The Morgan fingerprint density at radius 1 is 1.50 bits per heavy atom. The Hall–Kier alpha value is -1.65. The maximum Gasteiger partial charge on any atom is 0.181 e. The Morgan fingerprint density at radius 3 is 3.07 bits per heavy atom. The number of amidine groups is 1. The van der Waals surface area contributed by atoms with Crippen LogP contribution >= 0.6 is 27.3 Å². The summed E-state index contributed by atoms with van der Waals surface area (Å²) in [7, 11) is 0. The number of hydrogen-bond donors (Lipinski definition) is 1. The fourth-order valence-corrected chi connectivity index (χ4v) is 4.63. The van der Waals surface area contributed by atoms with Crippen molar-refractivity contribution < 1.29 is 19.0 Å². The number of ether oxygens (including phenoxy) is 2. The van der Waals surface area contributed by atoms with Gasteiger partial charge in [-0.15, -0.1) is 11.3 Å². The first kappa shape index (κ1) is 19.7. The predicted molar refractivity (Wildman–Crippen MR) is 108 cm³/mol. The third kappa shape index (κ3) is 3.65. The summed E-state index contributed by atoms with van der Waals surface area (Å²) >= 11 is 4.94. The number of aliphatic imine (C=N–C) groups is 1. The maximum absolute atomic E-state index is 13.7. The van der Waals surface area contributed by atoms with E-state index in [1.165, 1.54) is 23.5 Å². The summed E-state index contributed by atoms with van der Waals surface area (Å²) in [4.78, 5) is 11.4. The first-order chi connectivity index (χ1) is 13.6. The number of aromatic nitrogens is 1. The summed E-state index contributed by atoms with van der Waals surface area (Å²) in [6.45, 7) is 3.65. The molecule has 148 valence electrons. The van der Waals surface area contributed by atoms with E-state index in [9.17, 15) is 9.50 Å². The van der Waals surface area contributed by atoms with E-state index in [-0.39, 0.29) is 5.82 Å². The van der Waals surface area contributed by atoms with Crippen molar-refractivity contribution in [1.29, 1.82) is 0 Å². The number of nitrogens with zero attached hydrogens (tertiary/aromatic N) is 3. The molecule has 1 N–H and O–H groups in total. The topological polar surface area (TPSA) is 67.2 Å². The maximum atomic E-state index is 13.7. The molecule has 0 amide bonds. The van der Waals surface area contributed by atoms with Crippen molar-refractivity contribution in [3.8, 4) is 0 Å². The molecule has 1 saturated heterocycles. The summed E-state index contributed by atoms with van der Waals surface area (Å²) in [6.07, 6.45) is 0.590. The van der Waals surface area contributed by atoms with Crippen LogP contribution in [0.15, 0.2) is 50.5 Å². The molecule has 0 radical (unpaired) electrons.